The van der Waals surface area contributed by atoms with Crippen molar-refractivity contribution in [1.29, 1.82) is 0 Å². The third-order valence-electron chi connectivity index (χ3n) is 11.6. The van der Waals surface area contributed by atoms with Crippen LogP contribution in [0.15, 0.2) is 180 Å². The van der Waals surface area contributed by atoms with Crippen molar-refractivity contribution in [3.63, 3.8) is 0 Å². The van der Waals surface area contributed by atoms with Crippen LogP contribution in [-0.4, -0.2) is 27.6 Å². The number of aliphatic imine (C=N–C) groups is 2. The zero-order valence-electron chi connectivity index (χ0n) is 32.5. The Hall–Kier alpha value is -3.83. The molecule has 1 aliphatic rings. The number of benzene rings is 6. The van der Waals surface area contributed by atoms with Gasteiger partial charge in [0.1, 0.15) is 16.1 Å². The minimum atomic E-state index is -2.44. The van der Waals surface area contributed by atoms with Gasteiger partial charge in [0.15, 0.2) is 0 Å². The number of hydrogen-bond acceptors (Lipinski definition) is 2. The van der Waals surface area contributed by atoms with E-state index in [1.165, 1.54) is 31.1 Å². The predicted octanol–water partition coefficient (Wildman–Crippen LogP) is 9.95. The molecule has 0 amide bonds. The van der Waals surface area contributed by atoms with E-state index in [-0.39, 0.29) is 10.8 Å². The van der Waals surface area contributed by atoms with Crippen LogP contribution in [-0.2, 0) is 12.7 Å². The van der Waals surface area contributed by atoms with E-state index in [9.17, 15) is 0 Å². The van der Waals surface area contributed by atoms with Crippen molar-refractivity contribution in [1.82, 2.24) is 0 Å². The van der Waals surface area contributed by atoms with Gasteiger partial charge >= 0.3 is 33.0 Å². The Kier molecular flexibility index (Phi) is 13.0. The standard InChI is InChI=1S/C48H50N2Si2.2ClH.Ni/c1-47(2)35-36-48(3,4)46(50-42-32-20-22-34-44(42)52(6,39-27-15-9-16-28-39)40-29-17-10-18-30-40)45(47)49-41-31-19-21-33-43(41)51(5,37-23-11-7-12-24-37)38-25-13-8-14-26-38;;;/h7-34H,35-36H2,1-6H3;2*1H;/q;;;+2/p-2. The molecule has 0 aromatic heterocycles. The summed E-state index contributed by atoms with van der Waals surface area (Å²) < 4.78 is 0. The Morgan fingerprint density at radius 3 is 0.927 bits per heavy atom. The molecule has 0 N–H and O–H groups in total. The fraction of sp³-hybridized carbons (Fsp3) is 0.208. The van der Waals surface area contributed by atoms with E-state index in [4.69, 9.17) is 30.4 Å². The summed E-state index contributed by atoms with van der Waals surface area (Å²) in [6.07, 6.45) is 2.10. The Morgan fingerprint density at radius 1 is 0.418 bits per heavy atom. The van der Waals surface area contributed by atoms with Gasteiger partial charge in [-0.3, -0.25) is 9.98 Å². The van der Waals surface area contributed by atoms with Crippen LogP contribution in [0.1, 0.15) is 40.5 Å². The molecule has 1 saturated carbocycles. The Balaban J connectivity index is 0.00000166. The number of para-hydroxylation sites is 2. The van der Waals surface area contributed by atoms with E-state index < -0.39 is 16.1 Å². The van der Waals surface area contributed by atoms with E-state index >= 15 is 0 Å². The normalized spacial score (nSPS) is 16.7. The molecule has 0 bridgehead atoms. The first-order valence-corrected chi connectivity index (χ1v) is 26.6. The van der Waals surface area contributed by atoms with Gasteiger partial charge in [0.25, 0.3) is 0 Å². The van der Waals surface area contributed by atoms with Gasteiger partial charge in [-0.25, -0.2) is 0 Å². The van der Waals surface area contributed by atoms with Crippen molar-refractivity contribution >= 4 is 90.5 Å². The molecular formula is C48H50Cl2N2NiSi2. The van der Waals surface area contributed by atoms with Crippen LogP contribution in [0.25, 0.3) is 0 Å². The van der Waals surface area contributed by atoms with Gasteiger partial charge in [-0.1, -0.05) is 199 Å². The van der Waals surface area contributed by atoms with E-state index in [2.05, 4.69) is 211 Å². The monoisotopic (exact) mass is 838 g/mol. The van der Waals surface area contributed by atoms with Crippen LogP contribution in [0.3, 0.4) is 0 Å². The fourth-order valence-electron chi connectivity index (χ4n) is 8.18. The van der Waals surface area contributed by atoms with E-state index in [1.807, 2.05) is 0 Å². The third kappa shape index (κ3) is 8.48. The molecule has 0 unspecified atom stereocenters. The molecule has 0 spiro atoms. The van der Waals surface area contributed by atoms with Gasteiger partial charge in [-0.05, 0) is 56.1 Å². The van der Waals surface area contributed by atoms with Crippen LogP contribution in [0, 0.1) is 10.8 Å². The van der Waals surface area contributed by atoms with Gasteiger partial charge in [-0.2, -0.15) is 0 Å². The van der Waals surface area contributed by atoms with Crippen molar-refractivity contribution in [2.75, 3.05) is 0 Å². The third-order valence-corrected chi connectivity index (χ3v) is 20.6. The van der Waals surface area contributed by atoms with Crippen molar-refractivity contribution in [2.24, 2.45) is 20.8 Å². The second kappa shape index (κ2) is 17.5. The molecule has 6 aromatic rings. The molecule has 0 heterocycles. The van der Waals surface area contributed by atoms with Crippen molar-refractivity contribution < 1.29 is 12.7 Å². The first-order valence-electron chi connectivity index (χ1n) is 18.9. The average Bonchev–Trinajstić information content (AvgIpc) is 3.22. The Labute approximate surface area is 345 Å². The van der Waals surface area contributed by atoms with Gasteiger partial charge in [0.2, 0.25) is 0 Å². The summed E-state index contributed by atoms with van der Waals surface area (Å²) in [5.41, 5.74) is 4.00. The maximum absolute atomic E-state index is 5.80. The molecule has 7 rings (SSSR count). The van der Waals surface area contributed by atoms with Gasteiger partial charge in [0, 0.05) is 10.8 Å². The van der Waals surface area contributed by atoms with Gasteiger partial charge in [-0.15, -0.1) is 0 Å². The van der Waals surface area contributed by atoms with Crippen LogP contribution < -0.4 is 31.1 Å². The molecule has 55 heavy (non-hydrogen) atoms. The zero-order valence-corrected chi connectivity index (χ0v) is 37.0. The van der Waals surface area contributed by atoms with Gasteiger partial charge < -0.3 is 0 Å². The van der Waals surface area contributed by atoms with Crippen LogP contribution in [0.2, 0.25) is 13.1 Å². The summed E-state index contributed by atoms with van der Waals surface area (Å²) >= 11 is 0.569. The van der Waals surface area contributed by atoms with E-state index in [1.54, 1.807) is 0 Å². The Morgan fingerprint density at radius 2 is 0.655 bits per heavy atom. The average molecular weight is 841 g/mol. The van der Waals surface area contributed by atoms with Crippen LogP contribution >= 0.6 is 20.4 Å². The number of hydrogen-bond donors (Lipinski definition) is 0. The molecule has 284 valence electrons. The van der Waals surface area contributed by atoms with Crippen molar-refractivity contribution in [2.45, 2.75) is 53.6 Å². The molecule has 1 fully saturated rings. The Bertz CT molecular complexity index is 2000. The molecule has 0 aliphatic heterocycles. The zero-order chi connectivity index (χ0) is 39.1. The molecule has 7 heteroatoms. The number of nitrogens with zero attached hydrogens (tertiary/aromatic N) is 2. The second-order valence-corrected chi connectivity index (χ2v) is 25.5. The minimum absolute atomic E-state index is 0.159. The summed E-state index contributed by atoms with van der Waals surface area (Å²) in [7, 11) is 4.53. The van der Waals surface area contributed by atoms with Crippen molar-refractivity contribution in [3.05, 3.63) is 170 Å². The molecule has 6 aromatic carbocycles. The molecule has 0 saturated heterocycles. The van der Waals surface area contributed by atoms with E-state index in [0.717, 1.165) is 35.6 Å². The second-order valence-electron chi connectivity index (χ2n) is 16.0. The van der Waals surface area contributed by atoms with E-state index in [0.29, 0.717) is 12.7 Å². The van der Waals surface area contributed by atoms with Gasteiger partial charge in [0.05, 0.1) is 22.8 Å². The molecule has 0 radical (unpaired) electrons. The summed E-state index contributed by atoms with van der Waals surface area (Å²) in [6, 6.07) is 62.1. The quantitative estimate of drug-likeness (QED) is 0.108. The first-order chi connectivity index (χ1) is 26.5. The van der Waals surface area contributed by atoms with Crippen LogP contribution in [0.5, 0.6) is 0 Å². The molecule has 0 atom stereocenters. The molecular weight excluding hydrogens is 790 g/mol. The summed E-state index contributed by atoms with van der Waals surface area (Å²) in [5, 5.41) is 8.17. The fourth-order valence-corrected chi connectivity index (χ4v) is 15.7. The maximum atomic E-state index is 5.80. The summed E-state index contributed by atoms with van der Waals surface area (Å²) in [5.74, 6) is 0. The topological polar surface area (TPSA) is 24.7 Å². The van der Waals surface area contributed by atoms with Crippen LogP contribution in [0.4, 0.5) is 11.4 Å². The number of halogens is 2. The summed E-state index contributed by atoms with van der Waals surface area (Å²) in [4.78, 5) is 11.6. The summed E-state index contributed by atoms with van der Waals surface area (Å²) in [6.45, 7) is 14.4. The molecule has 2 nitrogen and oxygen atoms in total. The van der Waals surface area contributed by atoms with Crippen molar-refractivity contribution in [3.8, 4) is 0 Å². The first kappa shape index (κ1) is 40.8. The predicted molar refractivity (Wildman–Crippen MR) is 242 cm³/mol. The number of rotatable bonds is 8. The molecule has 1 aliphatic carbocycles. The SMILES string of the molecule is CC1(C)CCC(C)(C)C(=Nc2ccccc2[Si](C)(c2ccccc2)c2ccccc2)C1=Nc1ccccc1[Si](C)(c1ccccc1)c1ccccc1.[Cl][Ni][Cl].